The van der Waals surface area contributed by atoms with Gasteiger partial charge in [0, 0.05) is 12.6 Å². The monoisotopic (exact) mass is 199 g/mol. The van der Waals surface area contributed by atoms with Crippen molar-refractivity contribution in [2.24, 2.45) is 11.3 Å². The molecule has 0 radical (unpaired) electrons. The molecule has 1 aliphatic rings. The van der Waals surface area contributed by atoms with Gasteiger partial charge in [-0.2, -0.15) is 0 Å². The second-order valence-electron chi connectivity index (χ2n) is 5.75. The van der Waals surface area contributed by atoms with Gasteiger partial charge < -0.3 is 10.4 Å². The van der Waals surface area contributed by atoms with E-state index < -0.39 is 0 Å². The summed E-state index contributed by atoms with van der Waals surface area (Å²) in [5.74, 6) is 0.734. The lowest BCUT2D eigenvalue weighted by Gasteiger charge is -2.39. The number of aliphatic hydroxyl groups is 1. The predicted octanol–water partition coefficient (Wildman–Crippen LogP) is 2.17. The number of hydrogen-bond donors (Lipinski definition) is 2. The maximum absolute atomic E-state index is 9.21. The van der Waals surface area contributed by atoms with Crippen LogP contribution in [0.1, 0.15) is 47.0 Å². The van der Waals surface area contributed by atoms with Gasteiger partial charge in [0.05, 0.1) is 6.10 Å². The molecule has 1 rings (SSSR count). The lowest BCUT2D eigenvalue weighted by atomic mass is 9.70. The minimum atomic E-state index is -0.225. The molecule has 84 valence electrons. The van der Waals surface area contributed by atoms with E-state index in [-0.39, 0.29) is 6.10 Å². The molecular formula is C12H25NO. The first-order valence-corrected chi connectivity index (χ1v) is 5.82. The van der Waals surface area contributed by atoms with Crippen LogP contribution in [0.2, 0.25) is 0 Å². The summed E-state index contributed by atoms with van der Waals surface area (Å²) >= 11 is 0. The third-order valence-electron chi connectivity index (χ3n) is 3.37. The van der Waals surface area contributed by atoms with Gasteiger partial charge >= 0.3 is 0 Å². The molecule has 0 spiro atoms. The molecular weight excluding hydrogens is 174 g/mol. The van der Waals surface area contributed by atoms with Crippen LogP contribution in [0, 0.1) is 11.3 Å². The molecule has 0 bridgehead atoms. The minimum absolute atomic E-state index is 0.225. The molecule has 1 aliphatic carbocycles. The van der Waals surface area contributed by atoms with Crippen LogP contribution in [0.25, 0.3) is 0 Å². The largest absolute Gasteiger partial charge is 0.392 e. The standard InChI is InChI=1S/C12H25NO/c1-9-7-12(3,4)6-5-11(9)13-8-10(2)14/h9-11,13-14H,5-8H2,1-4H3/t9?,10-,11?/m1/s1. The van der Waals surface area contributed by atoms with Crippen LogP contribution in [-0.4, -0.2) is 23.8 Å². The van der Waals surface area contributed by atoms with Gasteiger partial charge in [-0.1, -0.05) is 20.8 Å². The molecule has 0 saturated heterocycles. The summed E-state index contributed by atoms with van der Waals surface area (Å²) in [7, 11) is 0. The van der Waals surface area contributed by atoms with E-state index in [1.807, 2.05) is 6.92 Å². The number of rotatable bonds is 3. The summed E-state index contributed by atoms with van der Waals surface area (Å²) in [6.07, 6.45) is 3.62. The number of aliphatic hydroxyl groups excluding tert-OH is 1. The zero-order valence-corrected chi connectivity index (χ0v) is 10.0. The Labute approximate surface area is 88.1 Å². The second kappa shape index (κ2) is 4.63. The molecule has 0 aliphatic heterocycles. The van der Waals surface area contributed by atoms with E-state index in [1.165, 1.54) is 19.3 Å². The highest BCUT2D eigenvalue weighted by Gasteiger charge is 2.31. The van der Waals surface area contributed by atoms with Crippen LogP contribution in [-0.2, 0) is 0 Å². The van der Waals surface area contributed by atoms with E-state index in [0.717, 1.165) is 12.5 Å². The summed E-state index contributed by atoms with van der Waals surface area (Å²) in [6, 6.07) is 0.609. The summed E-state index contributed by atoms with van der Waals surface area (Å²) < 4.78 is 0. The summed E-state index contributed by atoms with van der Waals surface area (Å²) in [5, 5.41) is 12.7. The minimum Gasteiger partial charge on any atom is -0.392 e. The van der Waals surface area contributed by atoms with Crippen molar-refractivity contribution in [3.8, 4) is 0 Å². The highest BCUT2D eigenvalue weighted by atomic mass is 16.3. The van der Waals surface area contributed by atoms with Crippen molar-refractivity contribution < 1.29 is 5.11 Å². The van der Waals surface area contributed by atoms with E-state index in [4.69, 9.17) is 0 Å². The number of hydrogen-bond acceptors (Lipinski definition) is 2. The first-order chi connectivity index (χ1) is 6.41. The van der Waals surface area contributed by atoms with Gasteiger partial charge in [-0.05, 0) is 37.5 Å². The molecule has 14 heavy (non-hydrogen) atoms. The quantitative estimate of drug-likeness (QED) is 0.730. The molecule has 1 saturated carbocycles. The van der Waals surface area contributed by atoms with Gasteiger partial charge in [0.2, 0.25) is 0 Å². The van der Waals surface area contributed by atoms with Gasteiger partial charge in [-0.3, -0.25) is 0 Å². The second-order valence-corrected chi connectivity index (χ2v) is 5.75. The average molecular weight is 199 g/mol. The summed E-state index contributed by atoms with van der Waals surface area (Å²) in [5.41, 5.74) is 0.516. The van der Waals surface area contributed by atoms with E-state index in [0.29, 0.717) is 11.5 Å². The fraction of sp³-hybridized carbons (Fsp3) is 1.00. The van der Waals surface area contributed by atoms with Crippen LogP contribution >= 0.6 is 0 Å². The molecule has 0 heterocycles. The SMILES string of the molecule is CC1CC(C)(C)CCC1NC[C@@H](C)O. The van der Waals surface area contributed by atoms with Crippen molar-refractivity contribution in [1.29, 1.82) is 0 Å². The fourth-order valence-electron chi connectivity index (χ4n) is 2.57. The molecule has 0 amide bonds. The molecule has 2 heteroatoms. The van der Waals surface area contributed by atoms with Gasteiger partial charge in [-0.25, -0.2) is 0 Å². The normalized spacial score (nSPS) is 34.1. The van der Waals surface area contributed by atoms with E-state index in [1.54, 1.807) is 0 Å². The van der Waals surface area contributed by atoms with Gasteiger partial charge in [0.25, 0.3) is 0 Å². The first kappa shape index (κ1) is 12.0. The van der Waals surface area contributed by atoms with Crippen LogP contribution in [0.15, 0.2) is 0 Å². The molecule has 1 fully saturated rings. The van der Waals surface area contributed by atoms with Crippen molar-refractivity contribution in [1.82, 2.24) is 5.32 Å². The Morgan fingerprint density at radius 3 is 2.64 bits per heavy atom. The highest BCUT2D eigenvalue weighted by Crippen LogP contribution is 2.38. The summed E-state index contributed by atoms with van der Waals surface area (Å²) in [6.45, 7) is 9.60. The Kier molecular flexibility index (Phi) is 3.96. The van der Waals surface area contributed by atoms with Crippen LogP contribution < -0.4 is 5.32 Å². The smallest absolute Gasteiger partial charge is 0.0636 e. The third-order valence-corrected chi connectivity index (χ3v) is 3.37. The third kappa shape index (κ3) is 3.58. The first-order valence-electron chi connectivity index (χ1n) is 5.82. The van der Waals surface area contributed by atoms with E-state index in [9.17, 15) is 5.11 Å². The van der Waals surface area contributed by atoms with Crippen LogP contribution in [0.4, 0.5) is 0 Å². The predicted molar refractivity (Wildman–Crippen MR) is 60.3 cm³/mol. The highest BCUT2D eigenvalue weighted by molar-refractivity contribution is 4.86. The van der Waals surface area contributed by atoms with Crippen LogP contribution in [0.3, 0.4) is 0 Å². The van der Waals surface area contributed by atoms with E-state index >= 15 is 0 Å². The molecule has 0 aromatic rings. The Hall–Kier alpha value is -0.0800. The lowest BCUT2D eigenvalue weighted by Crippen LogP contribution is -2.43. The van der Waals surface area contributed by atoms with Crippen LogP contribution in [0.5, 0.6) is 0 Å². The zero-order chi connectivity index (χ0) is 10.8. The summed E-state index contributed by atoms with van der Waals surface area (Å²) in [4.78, 5) is 0. The van der Waals surface area contributed by atoms with E-state index in [2.05, 4.69) is 26.1 Å². The fourth-order valence-corrected chi connectivity index (χ4v) is 2.57. The van der Waals surface area contributed by atoms with Crippen molar-refractivity contribution in [3.05, 3.63) is 0 Å². The Balaban J connectivity index is 2.35. The van der Waals surface area contributed by atoms with Crippen molar-refractivity contribution >= 4 is 0 Å². The molecule has 2 unspecified atom stereocenters. The maximum Gasteiger partial charge on any atom is 0.0636 e. The molecule has 0 aromatic carbocycles. The zero-order valence-electron chi connectivity index (χ0n) is 10.0. The Bertz CT molecular complexity index is 175. The molecule has 2 N–H and O–H groups in total. The van der Waals surface area contributed by atoms with Crippen molar-refractivity contribution in [2.45, 2.75) is 59.1 Å². The van der Waals surface area contributed by atoms with Gasteiger partial charge in [0.15, 0.2) is 0 Å². The Morgan fingerprint density at radius 1 is 1.50 bits per heavy atom. The topological polar surface area (TPSA) is 32.3 Å². The lowest BCUT2D eigenvalue weighted by molar-refractivity contribution is 0.129. The van der Waals surface area contributed by atoms with Crippen molar-refractivity contribution in [3.63, 3.8) is 0 Å². The number of nitrogens with one attached hydrogen (secondary N) is 1. The van der Waals surface area contributed by atoms with Crippen molar-refractivity contribution in [2.75, 3.05) is 6.54 Å². The molecule has 2 nitrogen and oxygen atoms in total. The van der Waals surface area contributed by atoms with Gasteiger partial charge in [-0.15, -0.1) is 0 Å². The van der Waals surface area contributed by atoms with Gasteiger partial charge in [0.1, 0.15) is 0 Å². The maximum atomic E-state index is 9.21. The Morgan fingerprint density at radius 2 is 2.14 bits per heavy atom. The molecule has 0 aromatic heterocycles. The average Bonchev–Trinajstić information content (AvgIpc) is 2.00. The molecule has 3 atom stereocenters.